The molecule has 164 valence electrons. The summed E-state index contributed by atoms with van der Waals surface area (Å²) in [6.07, 6.45) is -3.03. The Balaban J connectivity index is 1.54. The van der Waals surface area contributed by atoms with Crippen LogP contribution in [0.15, 0.2) is 59.3 Å². The van der Waals surface area contributed by atoms with Gasteiger partial charge in [0.1, 0.15) is 5.75 Å². The maximum Gasteiger partial charge on any atom is 0.419 e. The van der Waals surface area contributed by atoms with Gasteiger partial charge in [-0.05, 0) is 29.8 Å². The van der Waals surface area contributed by atoms with Gasteiger partial charge in [-0.25, -0.2) is 4.79 Å². The number of aromatic nitrogens is 4. The molecule has 0 amide bonds. The highest BCUT2D eigenvalue weighted by Gasteiger charge is 2.35. The molecule has 8 nitrogen and oxygen atoms in total. The standard InChI is InChI=1S/C21H15F3N4O4/c1-31-17-7-6-14(10-15(17)21(22,23)24)19-25-18(27-32-19)13-4-2-12(3-5-13)11-28-9-8-16(26-28)20(29)30/h2-10H,11H2,1H3,(H,29,30). The number of rotatable bonds is 6. The van der Waals surface area contributed by atoms with E-state index in [2.05, 4.69) is 15.2 Å². The number of carboxylic acids is 1. The lowest BCUT2D eigenvalue weighted by Gasteiger charge is -2.12. The maximum absolute atomic E-state index is 13.3. The van der Waals surface area contributed by atoms with Gasteiger partial charge in [-0.2, -0.15) is 23.3 Å². The summed E-state index contributed by atoms with van der Waals surface area (Å²) in [6, 6.07) is 11.9. The second-order valence-corrected chi connectivity index (χ2v) is 6.74. The summed E-state index contributed by atoms with van der Waals surface area (Å²) in [4.78, 5) is 15.1. The van der Waals surface area contributed by atoms with Crippen LogP contribution in [0.3, 0.4) is 0 Å². The van der Waals surface area contributed by atoms with E-state index in [0.29, 0.717) is 12.1 Å². The van der Waals surface area contributed by atoms with E-state index in [4.69, 9.17) is 14.4 Å². The smallest absolute Gasteiger partial charge is 0.419 e. The normalized spacial score (nSPS) is 11.5. The zero-order valence-corrected chi connectivity index (χ0v) is 16.5. The van der Waals surface area contributed by atoms with Gasteiger partial charge in [0.2, 0.25) is 5.82 Å². The predicted octanol–water partition coefficient (Wildman–Crippen LogP) is 4.37. The molecule has 0 radical (unpaired) electrons. The highest BCUT2D eigenvalue weighted by molar-refractivity contribution is 5.85. The van der Waals surface area contributed by atoms with Gasteiger partial charge in [0, 0.05) is 17.3 Å². The van der Waals surface area contributed by atoms with Crippen molar-refractivity contribution in [3.63, 3.8) is 0 Å². The van der Waals surface area contributed by atoms with Gasteiger partial charge < -0.3 is 14.4 Å². The number of carbonyl (C=O) groups is 1. The van der Waals surface area contributed by atoms with Crippen molar-refractivity contribution in [1.29, 1.82) is 0 Å². The van der Waals surface area contributed by atoms with E-state index in [9.17, 15) is 18.0 Å². The zero-order chi connectivity index (χ0) is 22.9. The summed E-state index contributed by atoms with van der Waals surface area (Å²) in [5, 5.41) is 16.7. The number of nitrogens with zero attached hydrogens (tertiary/aromatic N) is 4. The third-order valence-electron chi connectivity index (χ3n) is 4.59. The molecule has 32 heavy (non-hydrogen) atoms. The Morgan fingerprint density at radius 1 is 1.12 bits per heavy atom. The van der Waals surface area contributed by atoms with Crippen molar-refractivity contribution in [2.45, 2.75) is 12.7 Å². The average molecular weight is 444 g/mol. The Kier molecular flexibility index (Phi) is 5.39. The van der Waals surface area contributed by atoms with Crippen molar-refractivity contribution in [2.75, 3.05) is 7.11 Å². The molecule has 0 atom stereocenters. The lowest BCUT2D eigenvalue weighted by molar-refractivity contribution is -0.138. The third kappa shape index (κ3) is 4.31. The quantitative estimate of drug-likeness (QED) is 0.471. The first kappa shape index (κ1) is 21.1. The molecule has 0 bridgehead atoms. The fourth-order valence-electron chi connectivity index (χ4n) is 3.03. The van der Waals surface area contributed by atoms with Gasteiger partial charge in [0.05, 0.1) is 19.2 Å². The minimum absolute atomic E-state index is 0.0480. The Hall–Kier alpha value is -4.15. The van der Waals surface area contributed by atoms with E-state index in [-0.39, 0.29) is 28.7 Å². The highest BCUT2D eigenvalue weighted by Crippen LogP contribution is 2.38. The maximum atomic E-state index is 13.3. The molecule has 2 heterocycles. The van der Waals surface area contributed by atoms with Crippen LogP contribution in [0.4, 0.5) is 13.2 Å². The van der Waals surface area contributed by atoms with Crippen molar-refractivity contribution in [2.24, 2.45) is 0 Å². The summed E-state index contributed by atoms with van der Waals surface area (Å²) in [7, 11) is 1.16. The summed E-state index contributed by atoms with van der Waals surface area (Å²) in [5.41, 5.74) is 0.573. The van der Waals surface area contributed by atoms with Gasteiger partial charge in [-0.15, -0.1) is 0 Å². The summed E-state index contributed by atoms with van der Waals surface area (Å²) < 4.78 is 51.2. The van der Waals surface area contributed by atoms with Gasteiger partial charge in [0.25, 0.3) is 5.89 Å². The number of halogens is 3. The second-order valence-electron chi connectivity index (χ2n) is 6.74. The molecule has 0 aliphatic rings. The summed E-state index contributed by atoms with van der Waals surface area (Å²) >= 11 is 0. The molecule has 4 aromatic rings. The molecule has 2 aromatic carbocycles. The Morgan fingerprint density at radius 2 is 1.84 bits per heavy atom. The van der Waals surface area contributed by atoms with Crippen LogP contribution in [0.5, 0.6) is 5.75 Å². The van der Waals surface area contributed by atoms with Crippen molar-refractivity contribution >= 4 is 5.97 Å². The number of ether oxygens (including phenoxy) is 1. The molecular weight excluding hydrogens is 429 g/mol. The molecule has 0 saturated heterocycles. The first-order valence-electron chi connectivity index (χ1n) is 9.20. The first-order chi connectivity index (χ1) is 15.2. The van der Waals surface area contributed by atoms with Crippen molar-refractivity contribution in [3.8, 4) is 28.6 Å². The average Bonchev–Trinajstić information content (AvgIpc) is 3.43. The third-order valence-corrected chi connectivity index (χ3v) is 4.59. The molecule has 0 aliphatic heterocycles. The van der Waals surface area contributed by atoms with E-state index in [0.717, 1.165) is 18.7 Å². The molecule has 2 aromatic heterocycles. The van der Waals surface area contributed by atoms with Gasteiger partial charge >= 0.3 is 12.1 Å². The topological polar surface area (TPSA) is 103 Å². The SMILES string of the molecule is COc1ccc(-c2nc(-c3ccc(Cn4ccc(C(=O)O)n4)cc3)no2)cc1C(F)(F)F. The summed E-state index contributed by atoms with van der Waals surface area (Å²) in [5.74, 6) is -1.26. The predicted molar refractivity (Wildman–Crippen MR) is 105 cm³/mol. The van der Waals surface area contributed by atoms with Crippen LogP contribution < -0.4 is 4.74 Å². The van der Waals surface area contributed by atoms with E-state index < -0.39 is 17.7 Å². The monoisotopic (exact) mass is 444 g/mol. The molecule has 0 unspecified atom stereocenters. The Labute approximate surface area is 178 Å². The molecule has 0 fully saturated rings. The van der Waals surface area contributed by atoms with E-state index in [1.807, 2.05) is 0 Å². The highest BCUT2D eigenvalue weighted by atomic mass is 19.4. The zero-order valence-electron chi connectivity index (χ0n) is 16.5. The lowest BCUT2D eigenvalue weighted by atomic mass is 10.1. The molecule has 0 spiro atoms. The Morgan fingerprint density at radius 3 is 2.47 bits per heavy atom. The second kappa shape index (κ2) is 8.17. The molecular formula is C21H15F3N4O4. The number of carboxylic acid groups (broad SMARTS) is 1. The van der Waals surface area contributed by atoms with Crippen molar-refractivity contribution < 1.29 is 32.3 Å². The van der Waals surface area contributed by atoms with Crippen molar-refractivity contribution in [3.05, 3.63) is 71.5 Å². The number of hydrogen-bond donors (Lipinski definition) is 1. The summed E-state index contributed by atoms with van der Waals surface area (Å²) in [6.45, 7) is 0.358. The van der Waals surface area contributed by atoms with Gasteiger partial charge in [-0.3, -0.25) is 4.68 Å². The number of hydrogen-bond acceptors (Lipinski definition) is 6. The van der Waals surface area contributed by atoms with Crippen LogP contribution in [0.1, 0.15) is 21.6 Å². The first-order valence-corrected chi connectivity index (χ1v) is 9.20. The fraction of sp³-hybridized carbons (Fsp3) is 0.143. The number of aromatic carboxylic acids is 1. The fourth-order valence-corrected chi connectivity index (χ4v) is 3.03. The van der Waals surface area contributed by atoms with Gasteiger partial charge in [-0.1, -0.05) is 29.4 Å². The van der Waals surface area contributed by atoms with Crippen LogP contribution in [-0.2, 0) is 12.7 Å². The minimum Gasteiger partial charge on any atom is -0.496 e. The lowest BCUT2D eigenvalue weighted by Crippen LogP contribution is -2.07. The Bertz CT molecular complexity index is 1260. The molecule has 0 saturated carbocycles. The van der Waals surface area contributed by atoms with Crippen molar-refractivity contribution in [1.82, 2.24) is 19.9 Å². The number of methoxy groups -OCH3 is 1. The number of alkyl halides is 3. The molecule has 11 heteroatoms. The largest absolute Gasteiger partial charge is 0.496 e. The van der Waals surface area contributed by atoms with E-state index >= 15 is 0 Å². The van der Waals surface area contributed by atoms with Crippen LogP contribution >= 0.6 is 0 Å². The van der Waals surface area contributed by atoms with E-state index in [1.165, 1.54) is 22.9 Å². The number of benzene rings is 2. The van der Waals surface area contributed by atoms with Crippen LogP contribution in [0.25, 0.3) is 22.8 Å². The minimum atomic E-state index is -4.60. The molecule has 1 N–H and O–H groups in total. The molecule has 4 rings (SSSR count). The molecule has 0 aliphatic carbocycles. The van der Waals surface area contributed by atoms with Crippen LogP contribution in [-0.4, -0.2) is 38.1 Å². The van der Waals surface area contributed by atoms with Crippen LogP contribution in [0.2, 0.25) is 0 Å². The van der Waals surface area contributed by atoms with Crippen LogP contribution in [0, 0.1) is 0 Å². The van der Waals surface area contributed by atoms with Gasteiger partial charge in [0.15, 0.2) is 5.69 Å². The van der Waals surface area contributed by atoms with E-state index in [1.54, 1.807) is 30.5 Å².